The van der Waals surface area contributed by atoms with Crippen molar-refractivity contribution in [1.82, 2.24) is 9.78 Å². The van der Waals surface area contributed by atoms with Gasteiger partial charge in [0.1, 0.15) is 4.64 Å². The summed E-state index contributed by atoms with van der Waals surface area (Å²) >= 11 is 11.6. The van der Waals surface area contributed by atoms with Crippen LogP contribution in [0.2, 0.25) is 5.02 Å². The number of halogens is 1. The summed E-state index contributed by atoms with van der Waals surface area (Å²) in [5.74, 6) is 0. The number of aromatic amines is 1. The van der Waals surface area contributed by atoms with Crippen molar-refractivity contribution in [3.63, 3.8) is 0 Å². The summed E-state index contributed by atoms with van der Waals surface area (Å²) in [7, 11) is 0. The minimum absolute atomic E-state index is 0.644. The molecule has 0 aliphatic carbocycles. The summed E-state index contributed by atoms with van der Waals surface area (Å²) < 4.78 is 2.70. The van der Waals surface area contributed by atoms with Crippen molar-refractivity contribution in [2.75, 3.05) is 0 Å². The number of benzene rings is 2. The summed E-state index contributed by atoms with van der Waals surface area (Å²) in [6.07, 6.45) is 0. The van der Waals surface area contributed by atoms with Gasteiger partial charge < -0.3 is 0 Å². The van der Waals surface area contributed by atoms with Crippen LogP contribution in [0.15, 0.2) is 60.7 Å². The van der Waals surface area contributed by atoms with Gasteiger partial charge in [-0.25, -0.2) is 0 Å². The Morgan fingerprint density at radius 3 is 2.45 bits per heavy atom. The maximum absolute atomic E-state index is 6.19. The average Bonchev–Trinajstić information content (AvgIpc) is 2.84. The van der Waals surface area contributed by atoms with E-state index in [1.54, 1.807) is 0 Å². The van der Waals surface area contributed by atoms with Gasteiger partial charge in [-0.3, -0.25) is 9.78 Å². The molecule has 2 nitrogen and oxygen atoms in total. The largest absolute Gasteiger partial charge is 0.297 e. The molecule has 0 fully saturated rings. The number of nitrogens with zero attached hydrogens (tertiary/aromatic N) is 1. The molecule has 20 heavy (non-hydrogen) atoms. The van der Waals surface area contributed by atoms with Crippen molar-refractivity contribution in [3.8, 4) is 11.3 Å². The van der Waals surface area contributed by atoms with Crippen LogP contribution in [-0.4, -0.2) is 9.78 Å². The van der Waals surface area contributed by atoms with E-state index in [0.29, 0.717) is 6.54 Å². The van der Waals surface area contributed by atoms with Gasteiger partial charge in [-0.05, 0) is 23.3 Å². The topological polar surface area (TPSA) is 20.7 Å². The third kappa shape index (κ3) is 2.69. The van der Waals surface area contributed by atoms with Crippen molar-refractivity contribution in [1.29, 1.82) is 0 Å². The molecule has 1 aromatic heterocycles. The van der Waals surface area contributed by atoms with Gasteiger partial charge in [0, 0.05) is 5.02 Å². The summed E-state index contributed by atoms with van der Waals surface area (Å²) in [6.45, 7) is 0.644. The molecule has 3 aromatic rings. The Morgan fingerprint density at radius 1 is 1.00 bits per heavy atom. The standard InChI is InChI=1S/C16H13ClN2S/c17-14-9-5-4-8-13(14)11-19-16(20)10-15(18-19)12-6-2-1-3-7-12/h1-10,18H,11H2. The van der Waals surface area contributed by atoms with Gasteiger partial charge in [-0.1, -0.05) is 72.3 Å². The van der Waals surface area contributed by atoms with E-state index in [1.807, 2.05) is 53.2 Å². The highest BCUT2D eigenvalue weighted by Gasteiger charge is 2.05. The van der Waals surface area contributed by atoms with E-state index in [4.69, 9.17) is 23.8 Å². The Kier molecular flexibility index (Phi) is 3.72. The molecule has 0 unspecified atom stereocenters. The molecule has 0 aliphatic heterocycles. The molecule has 0 radical (unpaired) electrons. The zero-order valence-corrected chi connectivity index (χ0v) is 12.3. The first-order chi connectivity index (χ1) is 9.74. The molecule has 0 spiro atoms. The Bertz CT molecular complexity index is 774. The average molecular weight is 301 g/mol. The molecule has 0 saturated heterocycles. The van der Waals surface area contributed by atoms with Crippen molar-refractivity contribution in [3.05, 3.63) is 75.9 Å². The number of aromatic nitrogens is 2. The summed E-state index contributed by atoms with van der Waals surface area (Å²) in [4.78, 5) is 0. The fourth-order valence-corrected chi connectivity index (χ4v) is 2.54. The quantitative estimate of drug-likeness (QED) is 0.681. The highest BCUT2D eigenvalue weighted by molar-refractivity contribution is 7.71. The van der Waals surface area contributed by atoms with E-state index in [9.17, 15) is 0 Å². The molecule has 0 aliphatic rings. The number of nitrogens with one attached hydrogen (secondary N) is 1. The Hall–Kier alpha value is -1.84. The fourth-order valence-electron chi connectivity index (χ4n) is 2.11. The molecule has 2 aromatic carbocycles. The molecule has 1 heterocycles. The summed E-state index contributed by atoms with van der Waals surface area (Å²) in [5, 5.41) is 4.08. The summed E-state index contributed by atoms with van der Waals surface area (Å²) in [5.41, 5.74) is 3.19. The molecule has 4 heteroatoms. The van der Waals surface area contributed by atoms with Gasteiger partial charge in [0.05, 0.1) is 12.2 Å². The van der Waals surface area contributed by atoms with Crippen LogP contribution in [0.5, 0.6) is 0 Å². The van der Waals surface area contributed by atoms with E-state index >= 15 is 0 Å². The minimum Gasteiger partial charge on any atom is -0.297 e. The lowest BCUT2D eigenvalue weighted by Gasteiger charge is -2.05. The molecule has 0 bridgehead atoms. The first kappa shape index (κ1) is 13.2. The van der Waals surface area contributed by atoms with Gasteiger partial charge in [0.2, 0.25) is 0 Å². The SMILES string of the molecule is S=c1cc(-c2ccccc2)[nH]n1Cc1ccccc1Cl. The zero-order valence-electron chi connectivity index (χ0n) is 10.7. The lowest BCUT2D eigenvalue weighted by atomic mass is 10.2. The maximum atomic E-state index is 6.19. The van der Waals surface area contributed by atoms with Crippen LogP contribution in [0.25, 0.3) is 11.3 Å². The Morgan fingerprint density at radius 2 is 1.70 bits per heavy atom. The Balaban J connectivity index is 1.95. The van der Waals surface area contributed by atoms with E-state index in [1.165, 1.54) is 0 Å². The Labute approximate surface area is 127 Å². The third-order valence-electron chi connectivity index (χ3n) is 3.16. The highest BCUT2D eigenvalue weighted by Crippen LogP contribution is 2.20. The predicted octanol–water partition coefficient (Wildman–Crippen LogP) is 4.91. The monoisotopic (exact) mass is 300 g/mol. The molecular formula is C16H13ClN2S. The maximum Gasteiger partial charge on any atom is 0.122 e. The van der Waals surface area contributed by atoms with E-state index in [0.717, 1.165) is 26.5 Å². The second kappa shape index (κ2) is 5.65. The second-order valence-corrected chi connectivity index (χ2v) is 5.38. The molecular weight excluding hydrogens is 288 g/mol. The number of rotatable bonds is 3. The van der Waals surface area contributed by atoms with Crippen LogP contribution in [0, 0.1) is 4.64 Å². The molecule has 0 amide bonds. The lowest BCUT2D eigenvalue weighted by Crippen LogP contribution is -2.02. The number of hydrogen-bond acceptors (Lipinski definition) is 1. The third-order valence-corrected chi connectivity index (χ3v) is 3.87. The van der Waals surface area contributed by atoms with E-state index in [2.05, 4.69) is 17.2 Å². The fraction of sp³-hybridized carbons (Fsp3) is 0.0625. The van der Waals surface area contributed by atoms with Gasteiger partial charge in [-0.2, -0.15) is 0 Å². The second-order valence-electron chi connectivity index (χ2n) is 4.55. The van der Waals surface area contributed by atoms with Crippen LogP contribution in [0.4, 0.5) is 0 Å². The zero-order chi connectivity index (χ0) is 13.9. The van der Waals surface area contributed by atoms with Gasteiger partial charge in [-0.15, -0.1) is 0 Å². The molecule has 100 valence electrons. The molecule has 0 atom stereocenters. The highest BCUT2D eigenvalue weighted by atomic mass is 35.5. The van der Waals surface area contributed by atoms with Gasteiger partial charge in [0.15, 0.2) is 0 Å². The molecule has 0 saturated carbocycles. The van der Waals surface area contributed by atoms with Gasteiger partial charge in [0.25, 0.3) is 0 Å². The van der Waals surface area contributed by atoms with Crippen molar-refractivity contribution < 1.29 is 0 Å². The van der Waals surface area contributed by atoms with Crippen molar-refractivity contribution >= 4 is 23.8 Å². The molecule has 1 N–H and O–H groups in total. The van der Waals surface area contributed by atoms with Crippen molar-refractivity contribution in [2.45, 2.75) is 6.54 Å². The normalized spacial score (nSPS) is 10.7. The number of hydrogen-bond donors (Lipinski definition) is 1. The van der Waals surface area contributed by atoms with E-state index in [-0.39, 0.29) is 0 Å². The van der Waals surface area contributed by atoms with Crippen LogP contribution < -0.4 is 0 Å². The predicted molar refractivity (Wildman–Crippen MR) is 85.6 cm³/mol. The van der Waals surface area contributed by atoms with Gasteiger partial charge >= 0.3 is 0 Å². The first-order valence-corrected chi connectivity index (χ1v) is 7.11. The first-order valence-electron chi connectivity index (χ1n) is 6.33. The van der Waals surface area contributed by atoms with Crippen LogP contribution >= 0.6 is 23.8 Å². The van der Waals surface area contributed by atoms with Crippen LogP contribution in [0.3, 0.4) is 0 Å². The minimum atomic E-state index is 0.644. The number of H-pyrrole nitrogens is 1. The molecule has 3 rings (SSSR count). The summed E-state index contributed by atoms with van der Waals surface area (Å²) in [6, 6.07) is 19.9. The smallest absolute Gasteiger partial charge is 0.122 e. The van der Waals surface area contributed by atoms with Crippen LogP contribution in [-0.2, 0) is 6.54 Å². The lowest BCUT2D eigenvalue weighted by molar-refractivity contribution is 0.680. The van der Waals surface area contributed by atoms with Crippen LogP contribution in [0.1, 0.15) is 5.56 Å². The van der Waals surface area contributed by atoms with Crippen molar-refractivity contribution in [2.24, 2.45) is 0 Å². The van der Waals surface area contributed by atoms with E-state index < -0.39 is 0 Å².